The summed E-state index contributed by atoms with van der Waals surface area (Å²) in [6.07, 6.45) is 0. The Labute approximate surface area is 137 Å². The molecule has 0 N–H and O–H groups in total. The van der Waals surface area contributed by atoms with E-state index in [0.717, 1.165) is 0 Å². The van der Waals surface area contributed by atoms with Gasteiger partial charge < -0.3 is 0 Å². The highest BCUT2D eigenvalue weighted by molar-refractivity contribution is 7.20. The molecule has 2 heterocycles. The number of thiophene rings is 1. The van der Waals surface area contributed by atoms with Crippen molar-refractivity contribution in [2.45, 2.75) is 0 Å². The van der Waals surface area contributed by atoms with Gasteiger partial charge in [0, 0.05) is 0 Å². The first-order valence-corrected chi connectivity index (χ1v) is 7.56. The SMILES string of the molecule is Fc1ccc(Cl)c2c(Cl)nc(-c3cc(Cl)sc3Cl)nc12. The van der Waals surface area contributed by atoms with E-state index >= 15 is 0 Å². The number of hydrogen-bond acceptors (Lipinski definition) is 3. The monoisotopic (exact) mass is 366 g/mol. The Morgan fingerprint density at radius 2 is 1.80 bits per heavy atom. The number of halogens is 5. The Morgan fingerprint density at radius 3 is 2.45 bits per heavy atom. The van der Waals surface area contributed by atoms with Crippen LogP contribution in [0.5, 0.6) is 0 Å². The molecule has 2 aromatic heterocycles. The molecule has 2 nitrogen and oxygen atoms in total. The maximum absolute atomic E-state index is 13.9. The largest absolute Gasteiger partial charge is 0.225 e. The number of aromatic nitrogens is 2. The number of rotatable bonds is 1. The Bertz CT molecular complexity index is 834. The van der Waals surface area contributed by atoms with Crippen LogP contribution < -0.4 is 0 Å². The van der Waals surface area contributed by atoms with E-state index in [9.17, 15) is 4.39 Å². The van der Waals surface area contributed by atoms with Crippen molar-refractivity contribution in [2.75, 3.05) is 0 Å². The van der Waals surface area contributed by atoms with E-state index in [1.54, 1.807) is 6.07 Å². The smallest absolute Gasteiger partial charge is 0.164 e. The third-order valence-corrected chi connectivity index (χ3v) is 4.68. The minimum atomic E-state index is -0.535. The molecule has 102 valence electrons. The number of benzene rings is 1. The lowest BCUT2D eigenvalue weighted by molar-refractivity contribution is 0.636. The second-order valence-electron chi connectivity index (χ2n) is 3.83. The zero-order chi connectivity index (χ0) is 14.4. The third kappa shape index (κ3) is 2.36. The van der Waals surface area contributed by atoms with Gasteiger partial charge in [-0.3, -0.25) is 0 Å². The molecule has 3 aromatic rings. The van der Waals surface area contributed by atoms with Crippen LogP contribution in [0.25, 0.3) is 22.3 Å². The molecule has 0 radical (unpaired) electrons. The van der Waals surface area contributed by atoms with Crippen LogP contribution in [0.2, 0.25) is 18.8 Å². The molecule has 20 heavy (non-hydrogen) atoms. The third-order valence-electron chi connectivity index (χ3n) is 2.60. The van der Waals surface area contributed by atoms with Crippen molar-refractivity contribution >= 4 is 68.6 Å². The molecule has 3 rings (SSSR count). The molecule has 0 aliphatic carbocycles. The van der Waals surface area contributed by atoms with Crippen LogP contribution in [-0.2, 0) is 0 Å². The summed E-state index contributed by atoms with van der Waals surface area (Å²) in [7, 11) is 0. The van der Waals surface area contributed by atoms with E-state index in [0.29, 0.717) is 14.2 Å². The molecule has 0 aliphatic heterocycles. The van der Waals surface area contributed by atoms with Crippen LogP contribution in [0.1, 0.15) is 0 Å². The summed E-state index contributed by atoms with van der Waals surface area (Å²) in [5.41, 5.74) is 0.552. The Kier molecular flexibility index (Phi) is 3.77. The molecule has 1 aromatic carbocycles. The fraction of sp³-hybridized carbons (Fsp3) is 0. The van der Waals surface area contributed by atoms with Crippen LogP contribution in [0, 0.1) is 5.82 Å². The van der Waals surface area contributed by atoms with Gasteiger partial charge in [-0.05, 0) is 18.2 Å². The number of hydrogen-bond donors (Lipinski definition) is 0. The topological polar surface area (TPSA) is 25.8 Å². The lowest BCUT2D eigenvalue weighted by atomic mass is 10.2. The standard InChI is InChI=1S/C12H3Cl4FN2S/c13-5-1-2-6(17)9-8(5)10(15)19-12(18-9)4-3-7(14)20-11(4)16/h1-3H. The summed E-state index contributed by atoms with van der Waals surface area (Å²) in [6.45, 7) is 0. The first-order chi connectivity index (χ1) is 9.47. The lowest BCUT2D eigenvalue weighted by Crippen LogP contribution is -1.94. The second-order valence-corrected chi connectivity index (χ2v) is 6.88. The van der Waals surface area contributed by atoms with Gasteiger partial charge in [-0.25, -0.2) is 14.4 Å². The molecule has 0 amide bonds. The van der Waals surface area contributed by atoms with Gasteiger partial charge in [0.1, 0.15) is 20.8 Å². The summed E-state index contributed by atoms with van der Waals surface area (Å²) < 4.78 is 14.8. The highest BCUT2D eigenvalue weighted by Gasteiger charge is 2.17. The fourth-order valence-corrected chi connectivity index (χ4v) is 3.76. The molecular weight excluding hydrogens is 365 g/mol. The number of nitrogens with zero attached hydrogens (tertiary/aromatic N) is 2. The van der Waals surface area contributed by atoms with Crippen molar-refractivity contribution < 1.29 is 4.39 Å². The van der Waals surface area contributed by atoms with E-state index in [1.807, 2.05) is 0 Å². The first-order valence-electron chi connectivity index (χ1n) is 5.24. The molecule has 8 heteroatoms. The molecule has 0 saturated carbocycles. The summed E-state index contributed by atoms with van der Waals surface area (Å²) in [5.74, 6) is -0.329. The van der Waals surface area contributed by atoms with Gasteiger partial charge in [0.05, 0.1) is 20.3 Å². The van der Waals surface area contributed by atoms with Gasteiger partial charge >= 0.3 is 0 Å². The van der Waals surface area contributed by atoms with Crippen LogP contribution in [0.15, 0.2) is 18.2 Å². The van der Waals surface area contributed by atoms with Crippen molar-refractivity contribution in [2.24, 2.45) is 0 Å². The van der Waals surface area contributed by atoms with Crippen molar-refractivity contribution in [3.05, 3.63) is 42.9 Å². The summed E-state index contributed by atoms with van der Waals surface area (Å²) >= 11 is 25.2. The van der Waals surface area contributed by atoms with Crippen LogP contribution in [0.3, 0.4) is 0 Å². The van der Waals surface area contributed by atoms with Gasteiger partial charge in [0.2, 0.25) is 0 Å². The van der Waals surface area contributed by atoms with E-state index in [-0.39, 0.29) is 26.9 Å². The highest BCUT2D eigenvalue weighted by Crippen LogP contribution is 2.39. The Morgan fingerprint density at radius 1 is 1.05 bits per heavy atom. The first kappa shape index (κ1) is 14.3. The predicted molar refractivity (Wildman–Crippen MR) is 82.8 cm³/mol. The summed E-state index contributed by atoms with van der Waals surface area (Å²) in [4.78, 5) is 8.26. The molecular formula is C12H3Cl4FN2S. The van der Waals surface area contributed by atoms with Crippen molar-refractivity contribution in [3.63, 3.8) is 0 Å². The second kappa shape index (κ2) is 5.28. The van der Waals surface area contributed by atoms with Gasteiger partial charge in [0.15, 0.2) is 5.82 Å². The fourth-order valence-electron chi connectivity index (χ4n) is 1.74. The predicted octanol–water partition coefficient (Wildman–Crippen LogP) is 6.11. The van der Waals surface area contributed by atoms with Gasteiger partial charge in [-0.1, -0.05) is 46.4 Å². The number of fused-ring (bicyclic) bond motifs is 1. The minimum Gasteiger partial charge on any atom is -0.225 e. The van der Waals surface area contributed by atoms with Crippen molar-refractivity contribution in [1.82, 2.24) is 9.97 Å². The maximum Gasteiger partial charge on any atom is 0.164 e. The summed E-state index contributed by atoms with van der Waals surface area (Å²) in [6, 6.07) is 4.23. The lowest BCUT2D eigenvalue weighted by Gasteiger charge is -2.06. The summed E-state index contributed by atoms with van der Waals surface area (Å²) in [5, 5.41) is 0.620. The highest BCUT2D eigenvalue weighted by atomic mass is 35.5. The van der Waals surface area contributed by atoms with Crippen molar-refractivity contribution in [1.29, 1.82) is 0 Å². The quantitative estimate of drug-likeness (QED) is 0.485. The maximum atomic E-state index is 13.9. The van der Waals surface area contributed by atoms with Crippen molar-refractivity contribution in [3.8, 4) is 11.4 Å². The molecule has 0 unspecified atom stereocenters. The van der Waals surface area contributed by atoms with Crippen LogP contribution in [0.4, 0.5) is 4.39 Å². The zero-order valence-electron chi connectivity index (χ0n) is 9.42. The average Bonchev–Trinajstić information content (AvgIpc) is 2.72. The average molecular weight is 368 g/mol. The van der Waals surface area contributed by atoms with E-state index in [1.165, 1.54) is 23.5 Å². The Balaban J connectivity index is 2.35. The van der Waals surface area contributed by atoms with Gasteiger partial charge in [0.25, 0.3) is 0 Å². The Hall–Kier alpha value is -0.650. The molecule has 0 bridgehead atoms. The van der Waals surface area contributed by atoms with E-state index in [2.05, 4.69) is 9.97 Å². The van der Waals surface area contributed by atoms with Crippen LogP contribution in [-0.4, -0.2) is 9.97 Å². The van der Waals surface area contributed by atoms with Gasteiger partial charge in [-0.15, -0.1) is 11.3 Å². The molecule has 0 saturated heterocycles. The van der Waals surface area contributed by atoms with E-state index < -0.39 is 5.82 Å². The van der Waals surface area contributed by atoms with Gasteiger partial charge in [-0.2, -0.15) is 0 Å². The molecule has 0 aliphatic rings. The minimum absolute atomic E-state index is 0.0471. The van der Waals surface area contributed by atoms with Crippen LogP contribution >= 0.6 is 57.7 Å². The molecule has 0 atom stereocenters. The molecule has 0 fully saturated rings. The zero-order valence-corrected chi connectivity index (χ0v) is 13.3. The normalized spacial score (nSPS) is 11.2. The molecule has 0 spiro atoms. The van der Waals surface area contributed by atoms with E-state index in [4.69, 9.17) is 46.4 Å².